The lowest BCUT2D eigenvalue weighted by molar-refractivity contribution is -0.00859. The Morgan fingerprint density at radius 1 is 0.860 bits per heavy atom. The van der Waals surface area contributed by atoms with E-state index in [9.17, 15) is 9.59 Å². The number of pyridine rings is 1. The van der Waals surface area contributed by atoms with E-state index in [-0.39, 0.29) is 29.8 Å². The van der Waals surface area contributed by atoms with Gasteiger partial charge in [0, 0.05) is 32.2 Å². The average Bonchev–Trinajstić information content (AvgIpc) is 3.35. The molecule has 0 bridgehead atoms. The molecule has 50 heavy (non-hydrogen) atoms. The molecule has 10 nitrogen and oxygen atoms in total. The fraction of sp³-hybridized carbons (Fsp3) is 0.375. The minimum absolute atomic E-state index is 0.196. The predicted octanol–water partition coefficient (Wildman–Crippen LogP) is 7.47. The SMILES string of the molecule is Cn1c(=O)n(-c2ccc(OCc3ccccc3)nc2OCc2ccccc2)c2cccc(NC3CC4(CCN(C(=O)OC(C)(C)C)CC4)C3)c21. The minimum Gasteiger partial charge on any atom is -0.473 e. The predicted molar refractivity (Wildman–Crippen MR) is 194 cm³/mol. The molecule has 1 aliphatic heterocycles. The molecular formula is C40H45N5O5. The number of likely N-dealkylation sites (tertiary alicyclic amines) is 1. The smallest absolute Gasteiger partial charge is 0.410 e. The van der Waals surface area contributed by atoms with Gasteiger partial charge in [-0.1, -0.05) is 66.7 Å². The summed E-state index contributed by atoms with van der Waals surface area (Å²) in [5, 5.41) is 3.75. The Kier molecular flexibility index (Phi) is 9.03. The maximum Gasteiger partial charge on any atom is 0.410 e. The number of hydrogen-bond acceptors (Lipinski definition) is 7. The zero-order chi connectivity index (χ0) is 34.9. The van der Waals surface area contributed by atoms with E-state index in [1.54, 1.807) is 22.2 Å². The number of fused-ring (bicyclic) bond motifs is 1. The molecular weight excluding hydrogens is 630 g/mol. The number of benzene rings is 3. The molecule has 1 aliphatic carbocycles. The Hall–Kier alpha value is -5.25. The molecule has 2 fully saturated rings. The molecule has 1 spiro atoms. The van der Waals surface area contributed by atoms with Gasteiger partial charge < -0.3 is 24.4 Å². The Morgan fingerprint density at radius 3 is 2.14 bits per heavy atom. The second kappa shape index (κ2) is 13.6. The Balaban J connectivity index is 1.11. The van der Waals surface area contributed by atoms with Crippen LogP contribution in [0.3, 0.4) is 0 Å². The van der Waals surface area contributed by atoms with Crippen LogP contribution in [0.2, 0.25) is 0 Å². The number of hydrogen-bond donors (Lipinski definition) is 1. The number of rotatable bonds is 9. The first-order valence-corrected chi connectivity index (χ1v) is 17.4. The molecule has 10 heteroatoms. The highest BCUT2D eigenvalue weighted by Crippen LogP contribution is 2.50. The monoisotopic (exact) mass is 675 g/mol. The van der Waals surface area contributed by atoms with Gasteiger partial charge in [-0.25, -0.2) is 9.59 Å². The van der Waals surface area contributed by atoms with E-state index >= 15 is 0 Å². The van der Waals surface area contributed by atoms with Crippen LogP contribution in [0.15, 0.2) is 95.8 Å². The fourth-order valence-electron chi connectivity index (χ4n) is 7.20. The summed E-state index contributed by atoms with van der Waals surface area (Å²) in [6.45, 7) is 7.78. The van der Waals surface area contributed by atoms with Gasteiger partial charge in [0.25, 0.3) is 0 Å². The zero-order valence-corrected chi connectivity index (χ0v) is 29.2. The second-order valence-corrected chi connectivity index (χ2v) is 14.6. The summed E-state index contributed by atoms with van der Waals surface area (Å²) in [5.74, 6) is 0.721. The third-order valence-electron chi connectivity index (χ3n) is 9.77. The van der Waals surface area contributed by atoms with Gasteiger partial charge in [-0.2, -0.15) is 4.98 Å². The molecule has 0 radical (unpaired) electrons. The number of carbonyl (C=O) groups excluding carboxylic acids is 1. The molecule has 0 unspecified atom stereocenters. The van der Waals surface area contributed by atoms with Crippen molar-refractivity contribution in [2.45, 2.75) is 71.3 Å². The highest BCUT2D eigenvalue weighted by atomic mass is 16.6. The topological polar surface area (TPSA) is 99.9 Å². The first kappa shape index (κ1) is 33.3. The minimum atomic E-state index is -0.495. The number of nitrogens with one attached hydrogen (secondary N) is 1. The van der Waals surface area contributed by atoms with Crippen molar-refractivity contribution in [2.24, 2.45) is 12.5 Å². The van der Waals surface area contributed by atoms with Crippen LogP contribution in [0.25, 0.3) is 16.7 Å². The first-order chi connectivity index (χ1) is 24.1. The van der Waals surface area contributed by atoms with E-state index in [0.717, 1.165) is 53.5 Å². The highest BCUT2D eigenvalue weighted by Gasteiger charge is 2.47. The number of ether oxygens (including phenoxy) is 3. The van der Waals surface area contributed by atoms with E-state index in [4.69, 9.17) is 19.2 Å². The van der Waals surface area contributed by atoms with Crippen LogP contribution in [0, 0.1) is 5.41 Å². The van der Waals surface area contributed by atoms with Crippen LogP contribution in [-0.4, -0.2) is 49.8 Å². The third-order valence-corrected chi connectivity index (χ3v) is 9.77. The van der Waals surface area contributed by atoms with Crippen LogP contribution >= 0.6 is 0 Å². The number of aryl methyl sites for hydroxylation is 1. The molecule has 5 aromatic rings. The van der Waals surface area contributed by atoms with Gasteiger partial charge in [0.05, 0.1) is 16.7 Å². The number of para-hydroxylation sites is 1. The normalized spacial score (nSPS) is 15.9. The summed E-state index contributed by atoms with van der Waals surface area (Å²) in [6, 6.07) is 29.7. The molecule has 0 atom stereocenters. The number of anilines is 1. The third kappa shape index (κ3) is 7.06. The molecule has 2 aromatic heterocycles. The van der Waals surface area contributed by atoms with Crippen LogP contribution in [0.4, 0.5) is 10.5 Å². The van der Waals surface area contributed by atoms with Crippen molar-refractivity contribution < 1.29 is 19.0 Å². The summed E-state index contributed by atoms with van der Waals surface area (Å²) >= 11 is 0. The summed E-state index contributed by atoms with van der Waals surface area (Å²) < 4.78 is 21.3. The number of carbonyl (C=O) groups is 1. The van der Waals surface area contributed by atoms with E-state index in [2.05, 4.69) is 5.32 Å². The van der Waals surface area contributed by atoms with Gasteiger partial charge in [-0.3, -0.25) is 9.13 Å². The average molecular weight is 676 g/mol. The van der Waals surface area contributed by atoms with E-state index in [1.807, 2.05) is 111 Å². The molecule has 1 saturated heterocycles. The van der Waals surface area contributed by atoms with Gasteiger partial charge in [0.2, 0.25) is 11.8 Å². The highest BCUT2D eigenvalue weighted by molar-refractivity contribution is 5.90. The standard InChI is InChI=1S/C40H45N5O5/c1-39(2,3)50-38(47)44-22-20-40(21-23-44)24-30(25-40)41-31-16-11-17-32-35(31)43(4)37(46)45(32)33-18-19-34(48-26-28-12-7-5-8-13-28)42-36(33)49-27-29-14-9-6-10-15-29/h5-19,30,41H,20-27H2,1-4H3. The van der Waals surface area contributed by atoms with Gasteiger partial charge >= 0.3 is 11.8 Å². The summed E-state index contributed by atoms with van der Waals surface area (Å²) in [6.07, 6.45) is 3.75. The molecule has 3 heterocycles. The maximum atomic E-state index is 14.0. The number of amides is 1. The lowest BCUT2D eigenvalue weighted by Crippen LogP contribution is -2.53. The Morgan fingerprint density at radius 2 is 1.50 bits per heavy atom. The second-order valence-electron chi connectivity index (χ2n) is 14.6. The van der Waals surface area contributed by atoms with Crippen molar-refractivity contribution in [1.29, 1.82) is 0 Å². The molecule has 1 amide bonds. The zero-order valence-electron chi connectivity index (χ0n) is 29.2. The number of nitrogens with zero attached hydrogens (tertiary/aromatic N) is 4. The van der Waals surface area contributed by atoms with Crippen LogP contribution < -0.4 is 20.5 Å². The lowest BCUT2D eigenvalue weighted by Gasteiger charge is -2.52. The molecule has 1 saturated carbocycles. The first-order valence-electron chi connectivity index (χ1n) is 17.4. The maximum absolute atomic E-state index is 14.0. The van der Waals surface area contributed by atoms with Crippen molar-refractivity contribution in [3.63, 3.8) is 0 Å². The van der Waals surface area contributed by atoms with Gasteiger partial charge in [-0.15, -0.1) is 0 Å². The van der Waals surface area contributed by atoms with Crippen molar-refractivity contribution in [1.82, 2.24) is 19.0 Å². The lowest BCUT2D eigenvalue weighted by atomic mass is 9.60. The van der Waals surface area contributed by atoms with Gasteiger partial charge in [0.15, 0.2) is 0 Å². The van der Waals surface area contributed by atoms with Gasteiger partial charge in [0.1, 0.15) is 24.5 Å². The number of imidazole rings is 1. The fourth-order valence-corrected chi connectivity index (χ4v) is 7.20. The van der Waals surface area contributed by atoms with E-state index in [0.29, 0.717) is 37.1 Å². The van der Waals surface area contributed by atoms with Crippen LogP contribution in [0.5, 0.6) is 11.8 Å². The van der Waals surface area contributed by atoms with Crippen molar-refractivity contribution in [2.75, 3.05) is 18.4 Å². The number of piperidine rings is 1. The molecule has 3 aromatic carbocycles. The van der Waals surface area contributed by atoms with Crippen molar-refractivity contribution in [3.8, 4) is 17.4 Å². The summed E-state index contributed by atoms with van der Waals surface area (Å²) in [4.78, 5) is 33.2. The van der Waals surface area contributed by atoms with Crippen LogP contribution in [-0.2, 0) is 25.0 Å². The quantitative estimate of drug-likeness (QED) is 0.173. The molecule has 2 aliphatic rings. The van der Waals surface area contributed by atoms with Crippen molar-refractivity contribution >= 4 is 22.8 Å². The Bertz CT molecular complexity index is 2020. The van der Waals surface area contributed by atoms with Crippen LogP contribution in [0.1, 0.15) is 57.6 Å². The molecule has 1 N–H and O–H groups in total. The molecule has 7 rings (SSSR count). The van der Waals surface area contributed by atoms with Crippen molar-refractivity contribution in [3.05, 3.63) is 113 Å². The summed E-state index contributed by atoms with van der Waals surface area (Å²) in [5.41, 5.74) is 4.57. The van der Waals surface area contributed by atoms with E-state index < -0.39 is 5.60 Å². The number of aromatic nitrogens is 3. The largest absolute Gasteiger partial charge is 0.473 e. The van der Waals surface area contributed by atoms with E-state index in [1.165, 1.54) is 0 Å². The molecule has 260 valence electrons. The summed E-state index contributed by atoms with van der Waals surface area (Å²) in [7, 11) is 1.80. The van der Waals surface area contributed by atoms with Gasteiger partial charge in [-0.05, 0) is 81.2 Å². The Labute approximate surface area is 292 Å².